The van der Waals surface area contributed by atoms with Crippen molar-refractivity contribution in [3.63, 3.8) is 0 Å². The fourth-order valence-electron chi connectivity index (χ4n) is 3.00. The molecule has 2 aromatic rings. The molecule has 0 bridgehead atoms. The van der Waals surface area contributed by atoms with Crippen LogP contribution in [0.2, 0.25) is 0 Å². The summed E-state index contributed by atoms with van der Waals surface area (Å²) in [5.41, 5.74) is 8.28. The van der Waals surface area contributed by atoms with Gasteiger partial charge in [0.25, 0.3) is 0 Å². The van der Waals surface area contributed by atoms with Crippen LogP contribution in [0.1, 0.15) is 24.9 Å². The zero-order valence-electron chi connectivity index (χ0n) is 11.9. The number of hydrogen-bond acceptors (Lipinski definition) is 4. The molecule has 3 rings (SSSR count). The Balaban J connectivity index is 1.89. The molecule has 3 nitrogen and oxygen atoms in total. The zero-order chi connectivity index (χ0) is 13.9. The van der Waals surface area contributed by atoms with Gasteiger partial charge in [0, 0.05) is 41.6 Å². The molecule has 2 unspecified atom stereocenters. The van der Waals surface area contributed by atoms with Crippen molar-refractivity contribution in [2.24, 2.45) is 5.73 Å². The van der Waals surface area contributed by atoms with Gasteiger partial charge in [-0.3, -0.25) is 4.90 Å². The van der Waals surface area contributed by atoms with Crippen LogP contribution in [0, 0.1) is 0 Å². The predicted octanol–water partition coefficient (Wildman–Crippen LogP) is 3.26. The molecule has 2 heterocycles. The van der Waals surface area contributed by atoms with Gasteiger partial charge < -0.3 is 10.2 Å². The third-order valence-corrected chi connectivity index (χ3v) is 5.53. The highest BCUT2D eigenvalue weighted by molar-refractivity contribution is 8.00. The van der Waals surface area contributed by atoms with Crippen LogP contribution in [0.15, 0.2) is 34.9 Å². The maximum atomic E-state index is 6.08. The number of fused-ring (bicyclic) bond motifs is 1. The lowest BCUT2D eigenvalue weighted by Gasteiger charge is -2.37. The summed E-state index contributed by atoms with van der Waals surface area (Å²) in [6.07, 6.45) is 3.12. The molecule has 0 amide bonds. The zero-order valence-corrected chi connectivity index (χ0v) is 12.7. The van der Waals surface area contributed by atoms with E-state index in [-0.39, 0.29) is 6.04 Å². The van der Waals surface area contributed by atoms with Gasteiger partial charge in [-0.1, -0.05) is 25.1 Å². The summed E-state index contributed by atoms with van der Waals surface area (Å²) in [6, 6.07) is 8.50. The topological polar surface area (TPSA) is 42.4 Å². The molecule has 1 fully saturated rings. The van der Waals surface area contributed by atoms with Crippen LogP contribution in [0.25, 0.3) is 11.0 Å². The molecular weight excluding hydrogens is 268 g/mol. The number of thioether (sulfide) groups is 1. The van der Waals surface area contributed by atoms with Gasteiger partial charge in [0.1, 0.15) is 5.58 Å². The fourth-order valence-corrected chi connectivity index (χ4v) is 4.21. The van der Waals surface area contributed by atoms with Crippen LogP contribution in [-0.2, 0) is 0 Å². The average molecular weight is 290 g/mol. The second-order valence-electron chi connectivity index (χ2n) is 5.33. The summed E-state index contributed by atoms with van der Waals surface area (Å²) >= 11 is 2.09. The van der Waals surface area contributed by atoms with E-state index >= 15 is 0 Å². The van der Waals surface area contributed by atoms with E-state index in [1.165, 1.54) is 23.1 Å². The quantitative estimate of drug-likeness (QED) is 0.938. The van der Waals surface area contributed by atoms with Crippen molar-refractivity contribution in [1.82, 2.24) is 4.90 Å². The molecule has 4 heteroatoms. The molecule has 1 aromatic heterocycles. The van der Waals surface area contributed by atoms with Crippen molar-refractivity contribution < 1.29 is 4.42 Å². The lowest BCUT2D eigenvalue weighted by atomic mass is 10.0. The van der Waals surface area contributed by atoms with Crippen LogP contribution < -0.4 is 5.73 Å². The maximum Gasteiger partial charge on any atom is 0.134 e. The smallest absolute Gasteiger partial charge is 0.134 e. The molecule has 0 aliphatic carbocycles. The Labute approximate surface area is 124 Å². The average Bonchev–Trinajstić information content (AvgIpc) is 2.93. The van der Waals surface area contributed by atoms with Gasteiger partial charge in [0.15, 0.2) is 0 Å². The highest BCUT2D eigenvalue weighted by Gasteiger charge is 2.27. The van der Waals surface area contributed by atoms with Crippen LogP contribution >= 0.6 is 11.8 Å². The normalized spacial score (nSPS) is 22.2. The Morgan fingerprint density at radius 1 is 1.45 bits per heavy atom. The van der Waals surface area contributed by atoms with Crippen LogP contribution in [0.4, 0.5) is 0 Å². The minimum Gasteiger partial charge on any atom is -0.464 e. The van der Waals surface area contributed by atoms with Crippen molar-refractivity contribution in [2.75, 3.05) is 25.4 Å². The Morgan fingerprint density at radius 3 is 3.10 bits per heavy atom. The van der Waals surface area contributed by atoms with E-state index in [1.807, 2.05) is 18.4 Å². The number of rotatable bonds is 4. The number of para-hydroxylation sites is 1. The third kappa shape index (κ3) is 2.60. The first-order valence-corrected chi connectivity index (χ1v) is 8.40. The second-order valence-corrected chi connectivity index (χ2v) is 6.74. The molecule has 0 radical (unpaired) electrons. The molecule has 0 spiro atoms. The molecular formula is C16H22N2OS. The summed E-state index contributed by atoms with van der Waals surface area (Å²) in [5.74, 6) is 1.20. The first-order chi connectivity index (χ1) is 9.83. The van der Waals surface area contributed by atoms with Crippen molar-refractivity contribution in [2.45, 2.75) is 24.6 Å². The molecule has 2 atom stereocenters. The van der Waals surface area contributed by atoms with E-state index in [4.69, 9.17) is 10.2 Å². The third-order valence-electron chi connectivity index (χ3n) is 4.16. The summed E-state index contributed by atoms with van der Waals surface area (Å²) in [4.78, 5) is 2.53. The fraction of sp³-hybridized carbons (Fsp3) is 0.500. The number of benzene rings is 1. The Hall–Kier alpha value is -0.970. The highest BCUT2D eigenvalue weighted by atomic mass is 32.2. The van der Waals surface area contributed by atoms with Crippen molar-refractivity contribution in [1.29, 1.82) is 0 Å². The van der Waals surface area contributed by atoms with Crippen molar-refractivity contribution >= 4 is 22.7 Å². The standard InChI is InChI=1S/C16H22N2OS/c1-2-12-10-18(7-8-20-12)15(9-17)14-11-19-16-6-4-3-5-13(14)16/h3-6,11-12,15H,2,7-10,17H2,1H3. The van der Waals surface area contributed by atoms with Gasteiger partial charge in [-0.05, 0) is 12.5 Å². The second kappa shape index (κ2) is 6.20. The summed E-state index contributed by atoms with van der Waals surface area (Å²) in [5, 5.41) is 1.94. The van der Waals surface area contributed by atoms with Crippen molar-refractivity contribution in [3.05, 3.63) is 36.1 Å². The first kappa shape index (κ1) is 14.0. The van der Waals surface area contributed by atoms with Crippen LogP contribution in [0.5, 0.6) is 0 Å². The summed E-state index contributed by atoms with van der Waals surface area (Å²) in [6.45, 7) is 5.15. The maximum absolute atomic E-state index is 6.08. The van der Waals surface area contributed by atoms with Gasteiger partial charge >= 0.3 is 0 Å². The van der Waals surface area contributed by atoms with Crippen LogP contribution in [0.3, 0.4) is 0 Å². The molecule has 1 aromatic carbocycles. The molecule has 1 saturated heterocycles. The molecule has 0 saturated carbocycles. The predicted molar refractivity (Wildman–Crippen MR) is 86.1 cm³/mol. The molecule has 108 valence electrons. The monoisotopic (exact) mass is 290 g/mol. The minimum atomic E-state index is 0.272. The van der Waals surface area contributed by atoms with Crippen LogP contribution in [-0.4, -0.2) is 35.5 Å². The highest BCUT2D eigenvalue weighted by Crippen LogP contribution is 2.32. The van der Waals surface area contributed by atoms with Crippen molar-refractivity contribution in [3.8, 4) is 0 Å². The lowest BCUT2D eigenvalue weighted by molar-refractivity contribution is 0.208. The minimum absolute atomic E-state index is 0.272. The molecule has 1 aliphatic rings. The molecule has 1 aliphatic heterocycles. The number of hydrogen-bond donors (Lipinski definition) is 1. The largest absolute Gasteiger partial charge is 0.464 e. The van der Waals surface area contributed by atoms with E-state index in [1.54, 1.807) is 0 Å². The van der Waals surface area contributed by atoms with E-state index in [0.29, 0.717) is 6.54 Å². The lowest BCUT2D eigenvalue weighted by Crippen LogP contribution is -2.42. The van der Waals surface area contributed by atoms with E-state index in [2.05, 4.69) is 35.7 Å². The van der Waals surface area contributed by atoms with Gasteiger partial charge in [-0.25, -0.2) is 0 Å². The van der Waals surface area contributed by atoms with Gasteiger partial charge in [0.2, 0.25) is 0 Å². The van der Waals surface area contributed by atoms with E-state index in [9.17, 15) is 0 Å². The summed E-state index contributed by atoms with van der Waals surface area (Å²) < 4.78 is 5.69. The van der Waals surface area contributed by atoms with Gasteiger partial charge in [0.05, 0.1) is 12.3 Å². The SMILES string of the molecule is CCC1CN(C(CN)c2coc3ccccc23)CCS1. The number of nitrogens with two attached hydrogens (primary N) is 1. The summed E-state index contributed by atoms with van der Waals surface area (Å²) in [7, 11) is 0. The van der Waals surface area contributed by atoms with Gasteiger partial charge in [-0.15, -0.1) is 0 Å². The Kier molecular flexibility index (Phi) is 4.34. The Bertz CT molecular complexity index is 568. The Morgan fingerprint density at radius 2 is 2.30 bits per heavy atom. The van der Waals surface area contributed by atoms with Gasteiger partial charge in [-0.2, -0.15) is 11.8 Å². The molecule has 2 N–H and O–H groups in total. The first-order valence-electron chi connectivity index (χ1n) is 7.35. The molecule has 20 heavy (non-hydrogen) atoms. The number of furan rings is 1. The van der Waals surface area contributed by atoms with E-state index < -0.39 is 0 Å². The van der Waals surface area contributed by atoms with E-state index in [0.717, 1.165) is 23.9 Å². The number of nitrogens with zero attached hydrogens (tertiary/aromatic N) is 1.